The van der Waals surface area contributed by atoms with Crippen LogP contribution in [0.25, 0.3) is 0 Å². The highest BCUT2D eigenvalue weighted by Gasteiger charge is 2.04. The van der Waals surface area contributed by atoms with Crippen LogP contribution in [0.15, 0.2) is 12.4 Å². The van der Waals surface area contributed by atoms with E-state index in [0.29, 0.717) is 12.6 Å². The monoisotopic (exact) mass is 210 g/mol. The zero-order valence-electron chi connectivity index (χ0n) is 9.45. The van der Waals surface area contributed by atoms with Crippen molar-refractivity contribution in [2.45, 2.75) is 33.2 Å². The van der Waals surface area contributed by atoms with E-state index in [9.17, 15) is 4.79 Å². The van der Waals surface area contributed by atoms with Gasteiger partial charge < -0.3 is 10.6 Å². The van der Waals surface area contributed by atoms with Crippen molar-refractivity contribution in [3.63, 3.8) is 0 Å². The summed E-state index contributed by atoms with van der Waals surface area (Å²) in [6.45, 7) is 6.77. The topological polar surface area (TPSA) is 59.0 Å². The van der Waals surface area contributed by atoms with Crippen molar-refractivity contribution in [3.05, 3.63) is 12.4 Å². The number of nitrogens with one attached hydrogen (secondary N) is 2. The van der Waals surface area contributed by atoms with Gasteiger partial charge in [-0.25, -0.2) is 4.79 Å². The van der Waals surface area contributed by atoms with E-state index in [1.165, 1.54) is 0 Å². The average molecular weight is 210 g/mol. The fourth-order valence-corrected chi connectivity index (χ4v) is 1.10. The molecule has 2 amide bonds. The van der Waals surface area contributed by atoms with Crippen LogP contribution >= 0.6 is 0 Å². The lowest BCUT2D eigenvalue weighted by atomic mass is 10.4. The van der Waals surface area contributed by atoms with Gasteiger partial charge in [0.15, 0.2) is 0 Å². The molecule has 0 unspecified atom stereocenters. The van der Waals surface area contributed by atoms with Crippen molar-refractivity contribution in [2.75, 3.05) is 11.9 Å². The molecule has 0 bridgehead atoms. The Morgan fingerprint density at radius 3 is 2.87 bits per heavy atom. The van der Waals surface area contributed by atoms with E-state index in [1.807, 2.05) is 27.0 Å². The maximum absolute atomic E-state index is 11.3. The second kappa shape index (κ2) is 5.38. The van der Waals surface area contributed by atoms with E-state index < -0.39 is 0 Å². The molecule has 84 valence electrons. The molecule has 5 heteroatoms. The molecule has 2 N–H and O–H groups in total. The number of carbonyl (C=O) groups excluding carboxylic acids is 1. The van der Waals surface area contributed by atoms with Gasteiger partial charge in [0.05, 0.1) is 11.9 Å². The summed E-state index contributed by atoms with van der Waals surface area (Å²) in [5.41, 5.74) is 0.720. The molecule has 0 aliphatic heterocycles. The molecule has 1 heterocycles. The van der Waals surface area contributed by atoms with E-state index in [2.05, 4.69) is 15.7 Å². The Balaban J connectivity index is 2.46. The minimum absolute atomic E-state index is 0.180. The van der Waals surface area contributed by atoms with Gasteiger partial charge in [0, 0.05) is 18.8 Å². The van der Waals surface area contributed by atoms with Gasteiger partial charge in [-0.15, -0.1) is 0 Å². The summed E-state index contributed by atoms with van der Waals surface area (Å²) in [5, 5.41) is 9.57. The van der Waals surface area contributed by atoms with Crippen LogP contribution < -0.4 is 10.6 Å². The predicted octanol–water partition coefficient (Wildman–Crippen LogP) is 2.00. The van der Waals surface area contributed by atoms with Gasteiger partial charge in [-0.1, -0.05) is 6.92 Å². The Kier molecular flexibility index (Phi) is 4.15. The van der Waals surface area contributed by atoms with Crippen LogP contribution in [0, 0.1) is 0 Å². The molecule has 1 aromatic rings. The third-order valence-electron chi connectivity index (χ3n) is 1.92. The highest BCUT2D eigenvalue weighted by atomic mass is 16.2. The fraction of sp³-hybridized carbons (Fsp3) is 0.600. The lowest BCUT2D eigenvalue weighted by Crippen LogP contribution is -2.29. The molecule has 0 aliphatic carbocycles. The molecule has 0 aliphatic rings. The lowest BCUT2D eigenvalue weighted by molar-refractivity contribution is 0.252. The molecular weight excluding hydrogens is 192 g/mol. The van der Waals surface area contributed by atoms with E-state index in [4.69, 9.17) is 0 Å². The molecular formula is C10H18N4O. The maximum atomic E-state index is 11.3. The van der Waals surface area contributed by atoms with Crippen LogP contribution in [-0.2, 0) is 0 Å². The third-order valence-corrected chi connectivity index (χ3v) is 1.92. The molecule has 1 aromatic heterocycles. The minimum atomic E-state index is -0.180. The molecule has 0 saturated carbocycles. The van der Waals surface area contributed by atoms with Crippen LogP contribution in [0.5, 0.6) is 0 Å². The predicted molar refractivity (Wildman–Crippen MR) is 59.9 cm³/mol. The first kappa shape index (κ1) is 11.6. The van der Waals surface area contributed by atoms with Crippen LogP contribution in [0.2, 0.25) is 0 Å². The van der Waals surface area contributed by atoms with Crippen molar-refractivity contribution in [1.82, 2.24) is 15.1 Å². The zero-order chi connectivity index (χ0) is 11.3. The van der Waals surface area contributed by atoms with Gasteiger partial charge in [0.1, 0.15) is 0 Å². The summed E-state index contributed by atoms with van der Waals surface area (Å²) in [6, 6.07) is 0.124. The van der Waals surface area contributed by atoms with Gasteiger partial charge in [0.25, 0.3) is 0 Å². The zero-order valence-corrected chi connectivity index (χ0v) is 9.45. The van der Waals surface area contributed by atoms with Crippen molar-refractivity contribution in [1.29, 1.82) is 0 Å². The Bertz CT molecular complexity index is 319. The first-order valence-electron chi connectivity index (χ1n) is 5.22. The Morgan fingerprint density at radius 1 is 1.60 bits per heavy atom. The molecule has 5 nitrogen and oxygen atoms in total. The van der Waals surface area contributed by atoms with E-state index in [1.54, 1.807) is 10.9 Å². The molecule has 0 radical (unpaired) electrons. The molecule has 0 spiro atoms. The summed E-state index contributed by atoms with van der Waals surface area (Å²) in [6.07, 6.45) is 4.39. The second-order valence-corrected chi connectivity index (χ2v) is 3.68. The quantitative estimate of drug-likeness (QED) is 0.798. The highest BCUT2D eigenvalue weighted by molar-refractivity contribution is 5.88. The normalized spacial score (nSPS) is 10.4. The highest BCUT2D eigenvalue weighted by Crippen LogP contribution is 2.09. The van der Waals surface area contributed by atoms with Crippen LogP contribution in [0.3, 0.4) is 0 Å². The largest absolute Gasteiger partial charge is 0.338 e. The van der Waals surface area contributed by atoms with Crippen LogP contribution in [0.4, 0.5) is 10.5 Å². The Hall–Kier alpha value is -1.52. The minimum Gasteiger partial charge on any atom is -0.338 e. The number of rotatable bonds is 4. The number of amides is 2. The molecule has 1 rings (SSSR count). The van der Waals surface area contributed by atoms with Gasteiger partial charge in [0.2, 0.25) is 0 Å². The van der Waals surface area contributed by atoms with Gasteiger partial charge in [-0.05, 0) is 20.3 Å². The average Bonchev–Trinajstić information content (AvgIpc) is 2.63. The molecule has 0 saturated heterocycles. The maximum Gasteiger partial charge on any atom is 0.319 e. The molecule has 0 aromatic carbocycles. The van der Waals surface area contributed by atoms with E-state index in [0.717, 1.165) is 12.1 Å². The number of hydrogen-bond acceptors (Lipinski definition) is 2. The standard InChI is InChI=1S/C10H18N4O/c1-4-5-11-10(15)13-9-6-12-14(7-9)8(2)3/h6-8H,4-5H2,1-3H3,(H2,11,13,15). The number of nitrogens with zero attached hydrogens (tertiary/aromatic N) is 2. The van der Waals surface area contributed by atoms with Gasteiger partial charge >= 0.3 is 6.03 Å². The van der Waals surface area contributed by atoms with Crippen LogP contribution in [-0.4, -0.2) is 22.4 Å². The van der Waals surface area contributed by atoms with Crippen molar-refractivity contribution in [2.24, 2.45) is 0 Å². The number of carbonyl (C=O) groups is 1. The van der Waals surface area contributed by atoms with Crippen molar-refractivity contribution in [3.8, 4) is 0 Å². The number of urea groups is 1. The van der Waals surface area contributed by atoms with Crippen molar-refractivity contribution < 1.29 is 4.79 Å². The molecule has 15 heavy (non-hydrogen) atoms. The summed E-state index contributed by atoms with van der Waals surface area (Å²) in [7, 11) is 0. The van der Waals surface area contributed by atoms with E-state index in [-0.39, 0.29) is 6.03 Å². The SMILES string of the molecule is CCCNC(=O)Nc1cnn(C(C)C)c1. The second-order valence-electron chi connectivity index (χ2n) is 3.68. The fourth-order valence-electron chi connectivity index (χ4n) is 1.10. The first-order chi connectivity index (χ1) is 7.13. The summed E-state index contributed by atoms with van der Waals surface area (Å²) >= 11 is 0. The van der Waals surface area contributed by atoms with Crippen LogP contribution in [0.1, 0.15) is 33.2 Å². The van der Waals surface area contributed by atoms with Gasteiger partial charge in [-0.2, -0.15) is 5.10 Å². The lowest BCUT2D eigenvalue weighted by Gasteiger charge is -2.04. The Morgan fingerprint density at radius 2 is 2.33 bits per heavy atom. The molecule has 0 fully saturated rings. The number of hydrogen-bond donors (Lipinski definition) is 2. The Labute approximate surface area is 89.9 Å². The summed E-state index contributed by atoms with van der Waals surface area (Å²) < 4.78 is 1.80. The third kappa shape index (κ3) is 3.61. The molecule has 0 atom stereocenters. The van der Waals surface area contributed by atoms with E-state index >= 15 is 0 Å². The van der Waals surface area contributed by atoms with Gasteiger partial charge in [-0.3, -0.25) is 4.68 Å². The number of aromatic nitrogens is 2. The van der Waals surface area contributed by atoms with Crippen molar-refractivity contribution >= 4 is 11.7 Å². The number of anilines is 1. The summed E-state index contributed by atoms with van der Waals surface area (Å²) in [4.78, 5) is 11.3. The first-order valence-corrected chi connectivity index (χ1v) is 5.22. The smallest absolute Gasteiger partial charge is 0.319 e. The summed E-state index contributed by atoms with van der Waals surface area (Å²) in [5.74, 6) is 0.